The number of hydrogen-bond donors (Lipinski definition) is 1. The fourth-order valence-electron chi connectivity index (χ4n) is 1.95. The summed E-state index contributed by atoms with van der Waals surface area (Å²) in [5.74, 6) is 0. The predicted molar refractivity (Wildman–Crippen MR) is 65.1 cm³/mol. The molecule has 1 atom stereocenters. The lowest BCUT2D eigenvalue weighted by Crippen LogP contribution is -2.29. The summed E-state index contributed by atoms with van der Waals surface area (Å²) >= 11 is 0. The highest BCUT2D eigenvalue weighted by Crippen LogP contribution is 2.21. The van der Waals surface area contributed by atoms with Gasteiger partial charge in [-0.15, -0.1) is 0 Å². The Morgan fingerprint density at radius 3 is 2.56 bits per heavy atom. The summed E-state index contributed by atoms with van der Waals surface area (Å²) in [7, 11) is -3.51. The molecule has 0 saturated carbocycles. The van der Waals surface area contributed by atoms with Gasteiger partial charge in [-0.2, -0.15) is 9.57 Å². The van der Waals surface area contributed by atoms with E-state index in [2.05, 4.69) is 0 Å². The van der Waals surface area contributed by atoms with E-state index in [0.29, 0.717) is 13.0 Å². The van der Waals surface area contributed by atoms with Crippen molar-refractivity contribution < 1.29 is 13.5 Å². The molecule has 0 spiro atoms. The molecule has 2 rings (SSSR count). The summed E-state index contributed by atoms with van der Waals surface area (Å²) in [5.41, 5.74) is 0.790. The molecule has 1 aliphatic heterocycles. The molecule has 1 heterocycles. The maximum atomic E-state index is 12.2. The van der Waals surface area contributed by atoms with E-state index in [1.165, 1.54) is 16.4 Å². The zero-order valence-electron chi connectivity index (χ0n) is 9.78. The fourth-order valence-corrected chi connectivity index (χ4v) is 3.44. The van der Waals surface area contributed by atoms with Crippen LogP contribution in [0.15, 0.2) is 29.2 Å². The van der Waals surface area contributed by atoms with Crippen molar-refractivity contribution in [1.29, 1.82) is 5.26 Å². The molecule has 0 aliphatic carbocycles. The highest BCUT2D eigenvalue weighted by Gasteiger charge is 2.31. The van der Waals surface area contributed by atoms with Gasteiger partial charge in [0.05, 0.1) is 23.5 Å². The zero-order valence-corrected chi connectivity index (χ0v) is 10.6. The quantitative estimate of drug-likeness (QED) is 0.864. The van der Waals surface area contributed by atoms with Gasteiger partial charge >= 0.3 is 0 Å². The van der Waals surface area contributed by atoms with Gasteiger partial charge in [0.2, 0.25) is 10.0 Å². The first-order valence-electron chi connectivity index (χ1n) is 5.68. The third kappa shape index (κ3) is 2.53. The number of aliphatic hydroxyl groups is 1. The van der Waals surface area contributed by atoms with Gasteiger partial charge in [0, 0.05) is 13.1 Å². The number of rotatable bonds is 3. The van der Waals surface area contributed by atoms with Crippen LogP contribution in [0.25, 0.3) is 0 Å². The monoisotopic (exact) mass is 266 g/mol. The topological polar surface area (TPSA) is 81.4 Å². The van der Waals surface area contributed by atoms with Crippen LogP contribution in [0.4, 0.5) is 0 Å². The Morgan fingerprint density at radius 1 is 1.39 bits per heavy atom. The molecule has 1 fully saturated rings. The van der Waals surface area contributed by atoms with Gasteiger partial charge in [-0.1, -0.05) is 12.1 Å². The Hall–Kier alpha value is -1.42. The summed E-state index contributed by atoms with van der Waals surface area (Å²) in [6.07, 6.45) is 0.173. The van der Waals surface area contributed by atoms with Crippen molar-refractivity contribution in [3.63, 3.8) is 0 Å². The van der Waals surface area contributed by atoms with Crippen LogP contribution >= 0.6 is 0 Å². The second kappa shape index (κ2) is 5.06. The Kier molecular flexibility index (Phi) is 3.66. The average molecular weight is 266 g/mol. The van der Waals surface area contributed by atoms with Gasteiger partial charge in [0.15, 0.2) is 0 Å². The van der Waals surface area contributed by atoms with Crippen LogP contribution < -0.4 is 0 Å². The highest BCUT2D eigenvalue weighted by atomic mass is 32.2. The van der Waals surface area contributed by atoms with Crippen molar-refractivity contribution in [2.24, 2.45) is 0 Å². The molecule has 0 bridgehead atoms. The Balaban J connectivity index is 2.22. The van der Waals surface area contributed by atoms with Gasteiger partial charge in [-0.05, 0) is 24.1 Å². The number of benzene rings is 1. The van der Waals surface area contributed by atoms with Crippen molar-refractivity contribution in [1.82, 2.24) is 4.31 Å². The molecule has 1 unspecified atom stereocenters. The Labute approximate surface area is 106 Å². The maximum Gasteiger partial charge on any atom is 0.243 e. The third-order valence-electron chi connectivity index (χ3n) is 2.97. The summed E-state index contributed by atoms with van der Waals surface area (Å²) in [6.45, 7) is 0.506. The molecule has 96 valence electrons. The number of nitriles is 1. The summed E-state index contributed by atoms with van der Waals surface area (Å²) in [4.78, 5) is 0.207. The molecule has 1 aromatic rings. The maximum absolute atomic E-state index is 12.2. The first kappa shape index (κ1) is 13.0. The van der Waals surface area contributed by atoms with Crippen LogP contribution in [0.3, 0.4) is 0 Å². The number of sulfonamides is 1. The van der Waals surface area contributed by atoms with E-state index >= 15 is 0 Å². The van der Waals surface area contributed by atoms with Crippen molar-refractivity contribution in [3.05, 3.63) is 29.8 Å². The fraction of sp³-hybridized carbons (Fsp3) is 0.417. The largest absolute Gasteiger partial charge is 0.392 e. The summed E-state index contributed by atoms with van der Waals surface area (Å²) < 4.78 is 25.7. The molecule has 1 saturated heterocycles. The van der Waals surface area contributed by atoms with Gasteiger partial charge < -0.3 is 5.11 Å². The Morgan fingerprint density at radius 2 is 2.06 bits per heavy atom. The molecule has 1 aliphatic rings. The van der Waals surface area contributed by atoms with E-state index in [9.17, 15) is 13.5 Å². The molecule has 0 radical (unpaired) electrons. The van der Waals surface area contributed by atoms with E-state index in [1.807, 2.05) is 6.07 Å². The minimum absolute atomic E-state index is 0.155. The van der Waals surface area contributed by atoms with E-state index in [4.69, 9.17) is 5.26 Å². The summed E-state index contributed by atoms with van der Waals surface area (Å²) in [6, 6.07) is 8.31. The van der Waals surface area contributed by atoms with Crippen LogP contribution in [0.5, 0.6) is 0 Å². The molecular weight excluding hydrogens is 252 g/mol. The molecule has 6 heteroatoms. The second-order valence-corrected chi connectivity index (χ2v) is 6.22. The average Bonchev–Trinajstić information content (AvgIpc) is 2.78. The van der Waals surface area contributed by atoms with Gasteiger partial charge in [-0.25, -0.2) is 8.42 Å². The van der Waals surface area contributed by atoms with E-state index in [1.54, 1.807) is 12.1 Å². The van der Waals surface area contributed by atoms with Crippen LogP contribution in [0.2, 0.25) is 0 Å². The van der Waals surface area contributed by atoms with Crippen LogP contribution in [0.1, 0.15) is 12.0 Å². The van der Waals surface area contributed by atoms with Crippen LogP contribution in [0, 0.1) is 11.3 Å². The summed E-state index contributed by atoms with van der Waals surface area (Å²) in [5, 5.41) is 17.9. The van der Waals surface area contributed by atoms with E-state index in [-0.39, 0.29) is 17.9 Å². The first-order valence-corrected chi connectivity index (χ1v) is 7.12. The molecule has 5 nitrogen and oxygen atoms in total. The van der Waals surface area contributed by atoms with Crippen molar-refractivity contribution in [2.75, 3.05) is 13.1 Å². The third-order valence-corrected chi connectivity index (χ3v) is 4.85. The lowest BCUT2D eigenvalue weighted by Gasteiger charge is -2.15. The first-order chi connectivity index (χ1) is 8.54. The van der Waals surface area contributed by atoms with E-state index in [0.717, 1.165) is 5.56 Å². The minimum Gasteiger partial charge on any atom is -0.392 e. The molecule has 0 aromatic heterocycles. The van der Waals surface area contributed by atoms with Gasteiger partial charge in [-0.3, -0.25) is 0 Å². The van der Waals surface area contributed by atoms with Crippen molar-refractivity contribution >= 4 is 10.0 Å². The number of aliphatic hydroxyl groups excluding tert-OH is 1. The normalized spacial score (nSPS) is 20.8. The van der Waals surface area contributed by atoms with Gasteiger partial charge in [0.25, 0.3) is 0 Å². The lowest BCUT2D eigenvalue weighted by atomic mass is 10.2. The van der Waals surface area contributed by atoms with Crippen LogP contribution in [-0.4, -0.2) is 37.0 Å². The standard InChI is InChI=1S/C12H14N2O3S/c13-7-5-10-1-3-12(4-2-10)18(16,17)14-8-6-11(15)9-14/h1-4,11,15H,5-6,8-9H2. The van der Waals surface area contributed by atoms with Crippen molar-refractivity contribution in [3.8, 4) is 6.07 Å². The molecular formula is C12H14N2O3S. The molecule has 1 aromatic carbocycles. The predicted octanol–water partition coefficient (Wildman–Crippen LogP) is 0.508. The lowest BCUT2D eigenvalue weighted by molar-refractivity contribution is 0.189. The van der Waals surface area contributed by atoms with Crippen LogP contribution in [-0.2, 0) is 16.4 Å². The highest BCUT2D eigenvalue weighted by molar-refractivity contribution is 7.89. The number of β-amino-alcohol motifs (C(OH)–C–C–N with tert-alkyl or cyclic N) is 1. The number of hydrogen-bond acceptors (Lipinski definition) is 4. The van der Waals surface area contributed by atoms with E-state index < -0.39 is 16.1 Å². The number of nitrogens with zero attached hydrogens (tertiary/aromatic N) is 2. The van der Waals surface area contributed by atoms with Crippen molar-refractivity contribution in [2.45, 2.75) is 23.8 Å². The Bertz CT molecular complexity index is 560. The molecule has 1 N–H and O–H groups in total. The zero-order chi connectivity index (χ0) is 13.2. The second-order valence-electron chi connectivity index (χ2n) is 4.28. The SMILES string of the molecule is N#CCc1ccc(S(=O)(=O)N2CCC(O)C2)cc1. The molecule has 18 heavy (non-hydrogen) atoms. The smallest absolute Gasteiger partial charge is 0.243 e. The minimum atomic E-state index is -3.51. The van der Waals surface area contributed by atoms with Gasteiger partial charge in [0.1, 0.15) is 0 Å². The molecule has 0 amide bonds.